The molecular formula is C14H21ClN2O3. The maximum absolute atomic E-state index is 12.1. The van der Waals surface area contributed by atoms with E-state index in [1.54, 1.807) is 19.1 Å². The van der Waals surface area contributed by atoms with E-state index in [1.807, 2.05) is 25.2 Å². The van der Waals surface area contributed by atoms with Gasteiger partial charge in [-0.1, -0.05) is 0 Å². The second kappa shape index (κ2) is 7.36. The molecule has 1 aliphatic heterocycles. The van der Waals surface area contributed by atoms with Crippen molar-refractivity contribution in [2.45, 2.75) is 6.54 Å². The minimum atomic E-state index is 0. The van der Waals surface area contributed by atoms with Crippen molar-refractivity contribution in [2.75, 3.05) is 34.4 Å². The van der Waals surface area contributed by atoms with Crippen LogP contribution in [-0.2, 0) is 11.3 Å². The number of halogens is 1. The van der Waals surface area contributed by atoms with Crippen LogP contribution >= 0.6 is 12.4 Å². The summed E-state index contributed by atoms with van der Waals surface area (Å²) in [5.41, 5.74) is 0.978. The van der Waals surface area contributed by atoms with Gasteiger partial charge in [0.2, 0.25) is 5.91 Å². The summed E-state index contributed by atoms with van der Waals surface area (Å²) in [5.74, 6) is 1.79. The second-order valence-electron chi connectivity index (χ2n) is 4.73. The number of hydrogen-bond acceptors (Lipinski definition) is 4. The molecule has 0 unspecified atom stereocenters. The molecule has 1 fully saturated rings. The summed E-state index contributed by atoms with van der Waals surface area (Å²) in [4.78, 5) is 13.8. The number of amides is 1. The fourth-order valence-corrected chi connectivity index (χ4v) is 2.09. The van der Waals surface area contributed by atoms with Crippen LogP contribution < -0.4 is 14.8 Å². The Morgan fingerprint density at radius 3 is 2.55 bits per heavy atom. The zero-order valence-corrected chi connectivity index (χ0v) is 12.8. The minimum Gasteiger partial charge on any atom is -0.497 e. The van der Waals surface area contributed by atoms with Gasteiger partial charge in [0.25, 0.3) is 0 Å². The lowest BCUT2D eigenvalue weighted by Crippen LogP contribution is -2.50. The SMILES string of the molecule is COc1ccc(CN(C)C(=O)C2CNC2)c(OC)c1.Cl. The number of nitrogens with zero attached hydrogens (tertiary/aromatic N) is 1. The molecule has 6 heteroatoms. The summed E-state index contributed by atoms with van der Waals surface area (Å²) in [6.07, 6.45) is 0. The highest BCUT2D eigenvalue weighted by Crippen LogP contribution is 2.25. The minimum absolute atomic E-state index is 0. The molecule has 0 spiro atoms. The number of benzene rings is 1. The standard InChI is InChI=1S/C14H20N2O3.ClH/c1-16(14(17)11-7-15-8-11)9-10-4-5-12(18-2)6-13(10)19-3;/h4-6,11,15H,7-9H2,1-3H3;1H. The number of nitrogens with one attached hydrogen (secondary N) is 1. The summed E-state index contributed by atoms with van der Waals surface area (Å²) < 4.78 is 10.5. The predicted octanol–water partition coefficient (Wildman–Crippen LogP) is 1.30. The zero-order chi connectivity index (χ0) is 13.8. The topological polar surface area (TPSA) is 50.8 Å². The molecular weight excluding hydrogens is 280 g/mol. The highest BCUT2D eigenvalue weighted by Gasteiger charge is 2.27. The van der Waals surface area contributed by atoms with Crippen molar-refractivity contribution in [3.63, 3.8) is 0 Å². The highest BCUT2D eigenvalue weighted by atomic mass is 35.5. The van der Waals surface area contributed by atoms with E-state index in [4.69, 9.17) is 9.47 Å². The number of hydrogen-bond donors (Lipinski definition) is 1. The van der Waals surface area contributed by atoms with Crippen LogP contribution in [0.2, 0.25) is 0 Å². The van der Waals surface area contributed by atoms with E-state index in [-0.39, 0.29) is 24.2 Å². The van der Waals surface area contributed by atoms with Gasteiger partial charge in [-0.2, -0.15) is 0 Å². The van der Waals surface area contributed by atoms with Gasteiger partial charge in [0, 0.05) is 38.3 Å². The fourth-order valence-electron chi connectivity index (χ4n) is 2.09. The number of carbonyl (C=O) groups is 1. The van der Waals surface area contributed by atoms with Crippen molar-refractivity contribution in [1.82, 2.24) is 10.2 Å². The first kappa shape index (κ1) is 16.6. The Morgan fingerprint density at radius 1 is 1.35 bits per heavy atom. The second-order valence-corrected chi connectivity index (χ2v) is 4.73. The van der Waals surface area contributed by atoms with Crippen LogP contribution in [-0.4, -0.2) is 45.2 Å². The maximum Gasteiger partial charge on any atom is 0.228 e. The van der Waals surface area contributed by atoms with Gasteiger partial charge in [0.05, 0.1) is 20.1 Å². The molecule has 0 bridgehead atoms. The average molecular weight is 301 g/mol. The van der Waals surface area contributed by atoms with Crippen molar-refractivity contribution in [3.05, 3.63) is 23.8 Å². The Labute approximate surface area is 125 Å². The van der Waals surface area contributed by atoms with E-state index in [0.29, 0.717) is 6.54 Å². The summed E-state index contributed by atoms with van der Waals surface area (Å²) in [6.45, 7) is 2.11. The first-order valence-corrected chi connectivity index (χ1v) is 6.32. The Morgan fingerprint density at radius 2 is 2.05 bits per heavy atom. The monoisotopic (exact) mass is 300 g/mol. The van der Waals surface area contributed by atoms with E-state index >= 15 is 0 Å². The molecule has 1 amide bonds. The van der Waals surface area contributed by atoms with Crippen LogP contribution in [0.4, 0.5) is 0 Å². The lowest BCUT2D eigenvalue weighted by molar-refractivity contribution is -0.136. The third kappa shape index (κ3) is 3.55. The molecule has 0 aromatic heterocycles. The molecule has 1 heterocycles. The van der Waals surface area contributed by atoms with Crippen molar-refractivity contribution in [3.8, 4) is 11.5 Å². The molecule has 1 saturated heterocycles. The number of ether oxygens (including phenoxy) is 2. The van der Waals surface area contributed by atoms with Crippen molar-refractivity contribution in [2.24, 2.45) is 5.92 Å². The predicted molar refractivity (Wildman–Crippen MR) is 79.6 cm³/mol. The summed E-state index contributed by atoms with van der Waals surface area (Å²) in [6, 6.07) is 5.64. The Bertz CT molecular complexity index is 464. The average Bonchev–Trinajstić information content (AvgIpc) is 2.37. The molecule has 1 aromatic rings. The van der Waals surface area contributed by atoms with Crippen LogP contribution in [0.5, 0.6) is 11.5 Å². The normalized spacial score (nSPS) is 13.9. The summed E-state index contributed by atoms with van der Waals surface area (Å²) in [5, 5.41) is 3.11. The number of methoxy groups -OCH3 is 2. The quantitative estimate of drug-likeness (QED) is 0.891. The third-order valence-electron chi connectivity index (χ3n) is 3.41. The van der Waals surface area contributed by atoms with Crippen molar-refractivity contribution >= 4 is 18.3 Å². The first-order valence-electron chi connectivity index (χ1n) is 6.32. The lowest BCUT2D eigenvalue weighted by Gasteiger charge is -2.30. The lowest BCUT2D eigenvalue weighted by atomic mass is 10.0. The molecule has 0 atom stereocenters. The Hall–Kier alpha value is -1.46. The van der Waals surface area contributed by atoms with Crippen molar-refractivity contribution in [1.29, 1.82) is 0 Å². The van der Waals surface area contributed by atoms with Crippen LogP contribution in [0.3, 0.4) is 0 Å². The summed E-state index contributed by atoms with van der Waals surface area (Å²) >= 11 is 0. The van der Waals surface area contributed by atoms with Gasteiger partial charge >= 0.3 is 0 Å². The van der Waals surface area contributed by atoms with Crippen LogP contribution in [0, 0.1) is 5.92 Å². The van der Waals surface area contributed by atoms with Gasteiger partial charge in [-0.3, -0.25) is 4.79 Å². The molecule has 0 aliphatic carbocycles. The van der Waals surface area contributed by atoms with Crippen molar-refractivity contribution < 1.29 is 14.3 Å². The molecule has 1 aromatic carbocycles. The van der Waals surface area contributed by atoms with E-state index in [2.05, 4.69) is 5.32 Å². The van der Waals surface area contributed by atoms with Gasteiger partial charge < -0.3 is 19.7 Å². The molecule has 112 valence electrons. The van der Waals surface area contributed by atoms with Crippen LogP contribution in [0.1, 0.15) is 5.56 Å². The van der Waals surface area contributed by atoms with Gasteiger partial charge in [-0.15, -0.1) is 12.4 Å². The van der Waals surface area contributed by atoms with Crippen LogP contribution in [0.25, 0.3) is 0 Å². The summed E-state index contributed by atoms with van der Waals surface area (Å²) in [7, 11) is 5.06. The van der Waals surface area contributed by atoms with E-state index in [9.17, 15) is 4.79 Å². The smallest absolute Gasteiger partial charge is 0.228 e. The Kier molecular flexibility index (Phi) is 6.10. The first-order chi connectivity index (χ1) is 9.15. The van der Waals surface area contributed by atoms with Gasteiger partial charge in [0.1, 0.15) is 11.5 Å². The molecule has 20 heavy (non-hydrogen) atoms. The molecule has 1 N–H and O–H groups in total. The number of rotatable bonds is 5. The third-order valence-corrected chi connectivity index (χ3v) is 3.41. The highest BCUT2D eigenvalue weighted by molar-refractivity contribution is 5.85. The molecule has 0 radical (unpaired) electrons. The maximum atomic E-state index is 12.1. The Balaban J connectivity index is 0.00000200. The molecule has 5 nitrogen and oxygen atoms in total. The van der Waals surface area contributed by atoms with E-state index in [1.165, 1.54) is 0 Å². The fraction of sp³-hybridized carbons (Fsp3) is 0.500. The van der Waals surface area contributed by atoms with Gasteiger partial charge in [-0.25, -0.2) is 0 Å². The van der Waals surface area contributed by atoms with E-state index < -0.39 is 0 Å². The molecule has 1 aliphatic rings. The zero-order valence-electron chi connectivity index (χ0n) is 12.0. The molecule has 2 rings (SSSR count). The largest absolute Gasteiger partial charge is 0.497 e. The number of carbonyl (C=O) groups excluding carboxylic acids is 1. The molecule has 0 saturated carbocycles. The van der Waals surface area contributed by atoms with Gasteiger partial charge in [0.15, 0.2) is 0 Å². The van der Waals surface area contributed by atoms with Crippen LogP contribution in [0.15, 0.2) is 18.2 Å². The van der Waals surface area contributed by atoms with E-state index in [0.717, 1.165) is 30.2 Å². The van der Waals surface area contributed by atoms with Gasteiger partial charge in [-0.05, 0) is 12.1 Å².